The molecule has 0 bridgehead atoms. The predicted molar refractivity (Wildman–Crippen MR) is 80.2 cm³/mol. The van der Waals surface area contributed by atoms with Gasteiger partial charge in [0, 0.05) is 13.6 Å². The van der Waals surface area contributed by atoms with Crippen LogP contribution in [0.1, 0.15) is 40.0 Å². The van der Waals surface area contributed by atoms with Crippen molar-refractivity contribution < 1.29 is 4.74 Å². The number of nitrogens with zero attached hydrogens (tertiary/aromatic N) is 3. The van der Waals surface area contributed by atoms with Crippen molar-refractivity contribution in [2.24, 2.45) is 11.3 Å². The lowest BCUT2D eigenvalue weighted by Crippen LogP contribution is -2.22. The molecule has 20 heavy (non-hydrogen) atoms. The molecule has 1 aromatic rings. The first-order chi connectivity index (χ1) is 9.59. The SMILES string of the molecule is CCCOc1nc(NC)nc(NCC2(C(C)C)CC2)n1. The van der Waals surface area contributed by atoms with Crippen molar-refractivity contribution >= 4 is 11.9 Å². The van der Waals surface area contributed by atoms with Gasteiger partial charge in [0.1, 0.15) is 0 Å². The zero-order valence-corrected chi connectivity index (χ0v) is 12.9. The highest BCUT2D eigenvalue weighted by atomic mass is 16.5. The average Bonchev–Trinajstić information content (AvgIpc) is 3.24. The molecule has 0 saturated heterocycles. The molecule has 1 fully saturated rings. The highest BCUT2D eigenvalue weighted by molar-refractivity contribution is 5.35. The maximum absolute atomic E-state index is 5.49. The first-order valence-electron chi connectivity index (χ1n) is 7.40. The van der Waals surface area contributed by atoms with Gasteiger partial charge in [0.05, 0.1) is 6.61 Å². The monoisotopic (exact) mass is 279 g/mol. The smallest absolute Gasteiger partial charge is 0.323 e. The summed E-state index contributed by atoms with van der Waals surface area (Å²) in [5.41, 5.74) is 0.414. The molecular weight excluding hydrogens is 254 g/mol. The summed E-state index contributed by atoms with van der Waals surface area (Å²) in [6.07, 6.45) is 3.49. The van der Waals surface area contributed by atoms with E-state index in [0.29, 0.717) is 35.8 Å². The van der Waals surface area contributed by atoms with Crippen LogP contribution < -0.4 is 15.4 Å². The van der Waals surface area contributed by atoms with Gasteiger partial charge in [0.15, 0.2) is 0 Å². The molecule has 2 N–H and O–H groups in total. The van der Waals surface area contributed by atoms with Gasteiger partial charge in [0.25, 0.3) is 0 Å². The van der Waals surface area contributed by atoms with E-state index in [2.05, 4.69) is 46.4 Å². The molecule has 6 nitrogen and oxygen atoms in total. The van der Waals surface area contributed by atoms with Crippen LogP contribution in [0.25, 0.3) is 0 Å². The van der Waals surface area contributed by atoms with E-state index in [1.54, 1.807) is 7.05 Å². The summed E-state index contributed by atoms with van der Waals surface area (Å²) in [5, 5.41) is 6.28. The molecular formula is C14H25N5O. The van der Waals surface area contributed by atoms with Crippen LogP contribution >= 0.6 is 0 Å². The van der Waals surface area contributed by atoms with E-state index in [1.807, 2.05) is 0 Å². The van der Waals surface area contributed by atoms with Crippen molar-refractivity contribution in [3.63, 3.8) is 0 Å². The highest BCUT2D eigenvalue weighted by Gasteiger charge is 2.45. The van der Waals surface area contributed by atoms with Crippen molar-refractivity contribution in [1.82, 2.24) is 15.0 Å². The lowest BCUT2D eigenvalue weighted by atomic mass is 9.92. The second kappa shape index (κ2) is 6.24. The van der Waals surface area contributed by atoms with Crippen LogP contribution in [0.5, 0.6) is 6.01 Å². The zero-order valence-electron chi connectivity index (χ0n) is 12.9. The summed E-state index contributed by atoms with van der Waals surface area (Å²) in [6.45, 7) is 8.13. The number of anilines is 2. The minimum atomic E-state index is 0.378. The van der Waals surface area contributed by atoms with Crippen LogP contribution in [-0.4, -0.2) is 35.2 Å². The van der Waals surface area contributed by atoms with Gasteiger partial charge in [-0.15, -0.1) is 0 Å². The normalized spacial score (nSPS) is 16.1. The molecule has 0 unspecified atom stereocenters. The molecule has 0 spiro atoms. The molecule has 0 amide bonds. The first kappa shape index (κ1) is 14.8. The van der Waals surface area contributed by atoms with E-state index in [1.165, 1.54) is 12.8 Å². The van der Waals surface area contributed by atoms with Gasteiger partial charge in [-0.3, -0.25) is 0 Å². The van der Waals surface area contributed by atoms with E-state index in [0.717, 1.165) is 13.0 Å². The second-order valence-electron chi connectivity index (χ2n) is 5.73. The predicted octanol–water partition coefficient (Wildman–Crippen LogP) is 2.55. The molecule has 1 saturated carbocycles. The van der Waals surface area contributed by atoms with Crippen LogP contribution in [0.2, 0.25) is 0 Å². The summed E-state index contributed by atoms with van der Waals surface area (Å²) in [5.74, 6) is 1.79. The largest absolute Gasteiger partial charge is 0.463 e. The van der Waals surface area contributed by atoms with Gasteiger partial charge in [-0.2, -0.15) is 15.0 Å². The van der Waals surface area contributed by atoms with E-state index >= 15 is 0 Å². The van der Waals surface area contributed by atoms with Crippen molar-refractivity contribution in [3.05, 3.63) is 0 Å². The van der Waals surface area contributed by atoms with Crippen molar-refractivity contribution in [1.29, 1.82) is 0 Å². The van der Waals surface area contributed by atoms with Gasteiger partial charge in [-0.1, -0.05) is 20.8 Å². The minimum Gasteiger partial charge on any atom is -0.463 e. The molecule has 0 atom stereocenters. The van der Waals surface area contributed by atoms with Crippen molar-refractivity contribution in [2.45, 2.75) is 40.0 Å². The summed E-state index contributed by atoms with van der Waals surface area (Å²) in [4.78, 5) is 12.8. The molecule has 0 aliphatic heterocycles. The lowest BCUT2D eigenvalue weighted by molar-refractivity contribution is 0.292. The molecule has 2 rings (SSSR count). The Bertz CT molecular complexity index is 445. The Hall–Kier alpha value is -1.59. The lowest BCUT2D eigenvalue weighted by Gasteiger charge is -2.20. The number of hydrogen-bond donors (Lipinski definition) is 2. The van der Waals surface area contributed by atoms with Crippen LogP contribution in [0.15, 0.2) is 0 Å². The standard InChI is InChI=1S/C14H25N5O/c1-5-8-20-13-18-11(15-4)17-12(19-13)16-9-14(6-7-14)10(2)3/h10H,5-9H2,1-4H3,(H2,15,16,17,18,19). The van der Waals surface area contributed by atoms with Gasteiger partial charge in [-0.25, -0.2) is 0 Å². The maximum atomic E-state index is 5.49. The molecule has 1 heterocycles. The third-order valence-corrected chi connectivity index (χ3v) is 3.99. The molecule has 1 aliphatic carbocycles. The maximum Gasteiger partial charge on any atom is 0.323 e. The summed E-state index contributed by atoms with van der Waals surface area (Å²) >= 11 is 0. The quantitative estimate of drug-likeness (QED) is 0.762. The highest BCUT2D eigenvalue weighted by Crippen LogP contribution is 2.51. The van der Waals surface area contributed by atoms with Crippen molar-refractivity contribution in [3.8, 4) is 6.01 Å². The van der Waals surface area contributed by atoms with Gasteiger partial charge >= 0.3 is 6.01 Å². The Morgan fingerprint density at radius 1 is 1.20 bits per heavy atom. The molecule has 6 heteroatoms. The molecule has 1 aliphatic rings. The van der Waals surface area contributed by atoms with E-state index in [-0.39, 0.29) is 0 Å². The first-order valence-corrected chi connectivity index (χ1v) is 7.40. The number of hydrogen-bond acceptors (Lipinski definition) is 6. The topological polar surface area (TPSA) is 72.0 Å². The van der Waals surface area contributed by atoms with E-state index in [9.17, 15) is 0 Å². The Kier molecular flexibility index (Phi) is 4.62. The number of rotatable bonds is 8. The Labute approximate surface area is 120 Å². The number of nitrogens with one attached hydrogen (secondary N) is 2. The van der Waals surface area contributed by atoms with Crippen LogP contribution in [0, 0.1) is 11.3 Å². The summed E-state index contributed by atoms with van der Waals surface area (Å²) in [6, 6.07) is 0.378. The molecule has 0 radical (unpaired) electrons. The Morgan fingerprint density at radius 2 is 1.90 bits per heavy atom. The summed E-state index contributed by atoms with van der Waals surface area (Å²) < 4.78 is 5.49. The fourth-order valence-electron chi connectivity index (χ4n) is 2.18. The molecule has 112 valence electrons. The van der Waals surface area contributed by atoms with E-state index < -0.39 is 0 Å². The van der Waals surface area contributed by atoms with Crippen molar-refractivity contribution in [2.75, 3.05) is 30.8 Å². The Morgan fingerprint density at radius 3 is 2.45 bits per heavy atom. The summed E-state index contributed by atoms with van der Waals surface area (Å²) in [7, 11) is 1.79. The number of ether oxygens (including phenoxy) is 1. The third-order valence-electron chi connectivity index (χ3n) is 3.99. The molecule has 0 aromatic carbocycles. The fraction of sp³-hybridized carbons (Fsp3) is 0.786. The third kappa shape index (κ3) is 3.49. The second-order valence-corrected chi connectivity index (χ2v) is 5.73. The minimum absolute atomic E-state index is 0.378. The van der Waals surface area contributed by atoms with E-state index in [4.69, 9.17) is 4.74 Å². The van der Waals surface area contributed by atoms with Gasteiger partial charge < -0.3 is 15.4 Å². The average molecular weight is 279 g/mol. The van der Waals surface area contributed by atoms with Crippen LogP contribution in [0.3, 0.4) is 0 Å². The fourth-order valence-corrected chi connectivity index (χ4v) is 2.18. The molecule has 1 aromatic heterocycles. The zero-order chi connectivity index (χ0) is 14.6. The van der Waals surface area contributed by atoms with Crippen LogP contribution in [-0.2, 0) is 0 Å². The van der Waals surface area contributed by atoms with Gasteiger partial charge in [-0.05, 0) is 30.6 Å². The van der Waals surface area contributed by atoms with Crippen LogP contribution in [0.4, 0.5) is 11.9 Å². The number of aromatic nitrogens is 3. The Balaban J connectivity index is 2.02. The van der Waals surface area contributed by atoms with Gasteiger partial charge in [0.2, 0.25) is 11.9 Å².